The van der Waals surface area contributed by atoms with Crippen molar-refractivity contribution in [1.29, 1.82) is 0 Å². The molecular weight excluding hydrogens is 683 g/mol. The minimum atomic E-state index is -2.11. The number of nitrogens with zero attached hydrogens (tertiary/aromatic N) is 1. The summed E-state index contributed by atoms with van der Waals surface area (Å²) in [5, 5.41) is 28.1. The van der Waals surface area contributed by atoms with Gasteiger partial charge in [0.15, 0.2) is 0 Å². The lowest BCUT2D eigenvalue weighted by molar-refractivity contribution is -0.141. The summed E-state index contributed by atoms with van der Waals surface area (Å²) in [5.41, 5.74) is 19.9. The fourth-order valence-corrected chi connectivity index (χ4v) is 5.98. The maximum Gasteiger partial charge on any atom is 0.490 e. The number of hydrogen-bond donors (Lipinski definition) is 9. The average molecular weight is 737 g/mol. The summed E-state index contributed by atoms with van der Waals surface area (Å²) in [4.78, 5) is 79.2. The molecule has 0 saturated carbocycles. The topological polar surface area (TPSA) is 272 Å². The van der Waals surface area contributed by atoms with Crippen LogP contribution in [0, 0.1) is 0 Å². The molecule has 1 aliphatic rings. The molecule has 5 atom stereocenters. The number of hydrogen-bond acceptors (Lipinski definition) is 10. The van der Waals surface area contributed by atoms with Gasteiger partial charge in [-0.25, -0.2) is 0 Å². The molecule has 0 bridgehead atoms. The van der Waals surface area contributed by atoms with E-state index >= 15 is 0 Å². The molecule has 3 rings (SSSR count). The number of rotatable bonds is 20. The summed E-state index contributed by atoms with van der Waals surface area (Å²) >= 11 is 0. The Bertz CT molecular complexity index is 1560. The molecule has 0 aromatic heterocycles. The Hall–Kier alpha value is -4.84. The molecule has 16 nitrogen and oxygen atoms in total. The Kier molecular flexibility index (Phi) is 16.9. The first kappa shape index (κ1) is 42.6. The lowest BCUT2D eigenvalue weighted by atomic mass is 9.86. The maximum absolute atomic E-state index is 13.9. The van der Waals surface area contributed by atoms with Gasteiger partial charge in [-0.05, 0) is 87.2 Å². The Morgan fingerprint density at radius 3 is 2.09 bits per heavy atom. The van der Waals surface area contributed by atoms with Crippen LogP contribution in [0.25, 0.3) is 11.1 Å². The lowest BCUT2D eigenvalue weighted by Gasteiger charge is -2.29. The van der Waals surface area contributed by atoms with E-state index in [0.717, 1.165) is 30.4 Å². The zero-order chi connectivity index (χ0) is 39.1. The normalized spacial score (nSPS) is 16.1. The van der Waals surface area contributed by atoms with Gasteiger partial charge in [-0.2, -0.15) is 0 Å². The number of primary amides is 1. The van der Waals surface area contributed by atoms with E-state index in [9.17, 15) is 28.8 Å². The summed E-state index contributed by atoms with van der Waals surface area (Å²) in [6.07, 6.45) is 4.96. The molecule has 2 aromatic carbocycles. The van der Waals surface area contributed by atoms with Gasteiger partial charge in [0, 0.05) is 12.1 Å². The molecule has 1 fully saturated rings. The lowest BCUT2D eigenvalue weighted by Crippen LogP contribution is -2.60. The fourth-order valence-electron chi connectivity index (χ4n) is 5.98. The van der Waals surface area contributed by atoms with Crippen LogP contribution in [0.2, 0.25) is 0 Å². The van der Waals surface area contributed by atoms with Crippen LogP contribution < -0.4 is 38.5 Å². The molecule has 0 spiro atoms. The summed E-state index contributed by atoms with van der Waals surface area (Å²) in [7, 11) is -2.11. The van der Waals surface area contributed by atoms with Gasteiger partial charge in [-0.3, -0.25) is 28.8 Å². The SMILES string of the molecule is CCCCc1ccc(-c2ccc(C(=O)N[C@@H](CCCCN)C(=O)N3CCC[C@H]3C(=O)N[C@@H](C)C(=O)NC(CC(N)=O)C(=O)N[C@@H](N)B(O)O)cc2)cc1. The Balaban J connectivity index is 1.67. The third-order valence-corrected chi connectivity index (χ3v) is 9.06. The number of amides is 6. The summed E-state index contributed by atoms with van der Waals surface area (Å²) in [6.45, 7) is 4.17. The zero-order valence-electron chi connectivity index (χ0n) is 30.4. The van der Waals surface area contributed by atoms with Crippen LogP contribution in [0.5, 0.6) is 0 Å². The van der Waals surface area contributed by atoms with Crippen LogP contribution in [0.4, 0.5) is 0 Å². The van der Waals surface area contributed by atoms with Crippen molar-refractivity contribution in [2.45, 2.75) is 102 Å². The number of unbranched alkanes of at least 4 members (excludes halogenated alkanes) is 2. The largest absolute Gasteiger partial charge is 0.490 e. The number of benzene rings is 2. The highest BCUT2D eigenvalue weighted by molar-refractivity contribution is 6.43. The average Bonchev–Trinajstić information content (AvgIpc) is 3.63. The number of likely N-dealkylation sites (tertiary alicyclic amines) is 1. The van der Waals surface area contributed by atoms with E-state index in [1.807, 2.05) is 17.4 Å². The van der Waals surface area contributed by atoms with Crippen LogP contribution in [0.1, 0.15) is 81.1 Å². The first-order chi connectivity index (χ1) is 25.2. The molecule has 1 saturated heterocycles. The second-order valence-corrected chi connectivity index (χ2v) is 13.3. The maximum atomic E-state index is 13.9. The standard InChI is InChI=1S/C36H53BN8O8/c1-3-4-8-23-11-13-24(14-12-23)25-15-17-26(18-16-25)32(48)42-27(9-5-6-19-38)35(51)45-20-7-10-29(45)34(50)41-22(2)31(47)43-28(21-30(39)46)33(49)44-36(40)37(52)53/h11-18,22,27-29,36,52-53H,3-10,19-21,38,40H2,1-2H3,(H2,39,46)(H,41,50)(H,42,48)(H,43,47)(H,44,49)/t22-,27-,28?,29-,36+/m0/s1. The van der Waals surface area contributed by atoms with E-state index in [1.165, 1.54) is 17.4 Å². The van der Waals surface area contributed by atoms with Crippen molar-refractivity contribution in [2.24, 2.45) is 17.2 Å². The molecule has 2 aromatic rings. The fraction of sp³-hybridized carbons (Fsp3) is 0.500. The molecular formula is C36H53BN8O8. The van der Waals surface area contributed by atoms with Crippen LogP contribution in [-0.4, -0.2) is 101 Å². The number of carbonyl (C=O) groups is 6. The third-order valence-electron chi connectivity index (χ3n) is 9.06. The zero-order valence-corrected chi connectivity index (χ0v) is 30.4. The second kappa shape index (κ2) is 21.0. The van der Waals surface area contributed by atoms with Crippen molar-refractivity contribution in [1.82, 2.24) is 26.2 Å². The van der Waals surface area contributed by atoms with Gasteiger partial charge in [-0.1, -0.05) is 49.7 Å². The van der Waals surface area contributed by atoms with E-state index in [2.05, 4.69) is 47.1 Å². The van der Waals surface area contributed by atoms with Gasteiger partial charge >= 0.3 is 7.12 Å². The van der Waals surface area contributed by atoms with Crippen molar-refractivity contribution in [3.63, 3.8) is 0 Å². The van der Waals surface area contributed by atoms with Gasteiger partial charge in [0.2, 0.25) is 29.5 Å². The number of aryl methyl sites for hydroxylation is 1. The molecule has 53 heavy (non-hydrogen) atoms. The quantitative estimate of drug-likeness (QED) is 0.0464. The van der Waals surface area contributed by atoms with Crippen LogP contribution in [-0.2, 0) is 30.4 Å². The van der Waals surface area contributed by atoms with Gasteiger partial charge in [-0.15, -0.1) is 0 Å². The van der Waals surface area contributed by atoms with Crippen molar-refractivity contribution in [2.75, 3.05) is 13.1 Å². The molecule has 12 N–H and O–H groups in total. The van der Waals surface area contributed by atoms with E-state index in [1.54, 1.807) is 12.1 Å². The van der Waals surface area contributed by atoms with Crippen LogP contribution in [0.3, 0.4) is 0 Å². The summed E-state index contributed by atoms with van der Waals surface area (Å²) in [5.74, 6) is -4.29. The van der Waals surface area contributed by atoms with Crippen molar-refractivity contribution in [3.8, 4) is 11.1 Å². The first-order valence-electron chi connectivity index (χ1n) is 18.1. The monoisotopic (exact) mass is 736 g/mol. The van der Waals surface area contributed by atoms with E-state index in [4.69, 9.17) is 27.2 Å². The van der Waals surface area contributed by atoms with Crippen LogP contribution >= 0.6 is 0 Å². The van der Waals surface area contributed by atoms with Crippen LogP contribution in [0.15, 0.2) is 48.5 Å². The molecule has 17 heteroatoms. The smallest absolute Gasteiger partial charge is 0.425 e. The summed E-state index contributed by atoms with van der Waals surface area (Å²) in [6, 6.07) is 9.25. The van der Waals surface area contributed by atoms with Gasteiger partial charge in [0.1, 0.15) is 30.2 Å². The van der Waals surface area contributed by atoms with E-state index < -0.39 is 79.2 Å². The summed E-state index contributed by atoms with van der Waals surface area (Å²) < 4.78 is 0. The Morgan fingerprint density at radius 2 is 1.51 bits per heavy atom. The van der Waals surface area contributed by atoms with E-state index in [0.29, 0.717) is 44.2 Å². The molecule has 0 radical (unpaired) electrons. The Morgan fingerprint density at radius 1 is 0.868 bits per heavy atom. The third kappa shape index (κ3) is 13.0. The first-order valence-corrected chi connectivity index (χ1v) is 18.1. The van der Waals surface area contributed by atoms with Crippen molar-refractivity contribution < 1.29 is 38.8 Å². The predicted molar refractivity (Wildman–Crippen MR) is 199 cm³/mol. The highest BCUT2D eigenvalue weighted by Gasteiger charge is 2.39. The van der Waals surface area contributed by atoms with E-state index in [-0.39, 0.29) is 6.54 Å². The van der Waals surface area contributed by atoms with Crippen molar-refractivity contribution in [3.05, 3.63) is 59.7 Å². The number of nitrogens with two attached hydrogens (primary N) is 3. The van der Waals surface area contributed by atoms with Gasteiger partial charge in [0.25, 0.3) is 5.91 Å². The van der Waals surface area contributed by atoms with Gasteiger partial charge in [0.05, 0.1) is 6.42 Å². The predicted octanol–water partition coefficient (Wildman–Crippen LogP) is -0.807. The molecule has 1 heterocycles. The molecule has 1 aliphatic heterocycles. The molecule has 0 aliphatic carbocycles. The molecule has 1 unspecified atom stereocenters. The second-order valence-electron chi connectivity index (χ2n) is 13.3. The number of carbonyl (C=O) groups excluding carboxylic acids is 6. The highest BCUT2D eigenvalue weighted by atomic mass is 16.4. The van der Waals surface area contributed by atoms with Gasteiger partial charge < -0.3 is 53.4 Å². The molecule has 288 valence electrons. The van der Waals surface area contributed by atoms with Crippen molar-refractivity contribution >= 4 is 42.6 Å². The highest BCUT2D eigenvalue weighted by Crippen LogP contribution is 2.23. The molecule has 6 amide bonds. The minimum Gasteiger partial charge on any atom is -0.425 e. The Labute approximate surface area is 310 Å². The minimum absolute atomic E-state index is 0.254. The number of nitrogens with one attached hydrogen (secondary N) is 4.